The van der Waals surface area contributed by atoms with Crippen LogP contribution in [0, 0.1) is 5.92 Å². The van der Waals surface area contributed by atoms with Gasteiger partial charge in [-0.2, -0.15) is 0 Å². The highest BCUT2D eigenvalue weighted by Gasteiger charge is 2.51. The molecule has 13 nitrogen and oxygen atoms in total. The summed E-state index contributed by atoms with van der Waals surface area (Å²) in [6, 6.07) is 33.6. The fourth-order valence-corrected chi connectivity index (χ4v) is 8.55. The Morgan fingerprint density at radius 2 is 1.50 bits per heavy atom. The lowest BCUT2D eigenvalue weighted by Gasteiger charge is -2.46. The van der Waals surface area contributed by atoms with E-state index in [2.05, 4.69) is 39.5 Å². The van der Waals surface area contributed by atoms with Gasteiger partial charge in [0, 0.05) is 36.8 Å². The van der Waals surface area contributed by atoms with Crippen molar-refractivity contribution < 1.29 is 38.5 Å². The molecular weight excluding hydrogens is 739 g/mol. The molecule has 4 fully saturated rings. The van der Waals surface area contributed by atoms with Gasteiger partial charge in [-0.15, -0.1) is 0 Å². The third kappa shape index (κ3) is 8.21. The van der Waals surface area contributed by atoms with E-state index in [0.29, 0.717) is 26.1 Å². The highest BCUT2D eigenvalue weighted by molar-refractivity contribution is 6.06. The molecule has 0 bridgehead atoms. The van der Waals surface area contributed by atoms with Crippen LogP contribution in [-0.4, -0.2) is 82.7 Å². The second-order valence-corrected chi connectivity index (χ2v) is 15.6. The number of para-hydroxylation sites is 1. The number of piperidine rings is 1. The summed E-state index contributed by atoms with van der Waals surface area (Å²) >= 11 is 0. The molecule has 0 aromatic heterocycles. The van der Waals surface area contributed by atoms with Gasteiger partial charge in [0.05, 0.1) is 38.4 Å². The molecule has 0 aliphatic carbocycles. The average Bonchev–Trinajstić information content (AvgIpc) is 3.71. The maximum atomic E-state index is 13.3. The molecule has 4 aromatic rings. The van der Waals surface area contributed by atoms with E-state index in [-0.39, 0.29) is 56.1 Å². The summed E-state index contributed by atoms with van der Waals surface area (Å²) in [6.45, 7) is 4.81. The molecule has 1 unspecified atom stereocenters. The first kappa shape index (κ1) is 39.2. The van der Waals surface area contributed by atoms with Gasteiger partial charge in [-0.3, -0.25) is 19.3 Å². The fourth-order valence-electron chi connectivity index (χ4n) is 8.55. The van der Waals surface area contributed by atoms with E-state index in [1.54, 1.807) is 0 Å². The summed E-state index contributed by atoms with van der Waals surface area (Å²) in [5, 5.41) is 15.3. The zero-order chi connectivity index (χ0) is 40.2. The number of carbonyl (C=O) groups is 4. The van der Waals surface area contributed by atoms with Gasteiger partial charge in [-0.1, -0.05) is 104 Å². The summed E-state index contributed by atoms with van der Waals surface area (Å²) < 4.78 is 18.7. The number of hydrogen-bond donors (Lipinski definition) is 3. The quantitative estimate of drug-likeness (QED) is 0.178. The molecule has 302 valence electrons. The van der Waals surface area contributed by atoms with Crippen LogP contribution in [0.2, 0.25) is 0 Å². The molecule has 4 saturated heterocycles. The number of benzene rings is 4. The first-order valence-corrected chi connectivity index (χ1v) is 19.9. The van der Waals surface area contributed by atoms with Gasteiger partial charge >= 0.3 is 6.09 Å². The Balaban J connectivity index is 0.927. The smallest absolute Gasteiger partial charge is 0.408 e. The predicted molar refractivity (Wildman–Crippen MR) is 213 cm³/mol. The lowest BCUT2D eigenvalue weighted by molar-refractivity contribution is -0.276. The number of alkyl carbamates (subject to hydrolysis) is 1. The van der Waals surface area contributed by atoms with Crippen molar-refractivity contribution in [2.45, 2.75) is 76.0 Å². The van der Waals surface area contributed by atoms with E-state index >= 15 is 0 Å². The molecule has 4 aliphatic heterocycles. The molecule has 5 atom stereocenters. The van der Waals surface area contributed by atoms with Crippen LogP contribution >= 0.6 is 0 Å². The van der Waals surface area contributed by atoms with Gasteiger partial charge in [0.2, 0.25) is 11.8 Å². The van der Waals surface area contributed by atoms with Crippen LogP contribution in [0.1, 0.15) is 66.4 Å². The fraction of sp³-hybridized carbons (Fsp3) is 0.378. The van der Waals surface area contributed by atoms with Crippen LogP contribution in [0.25, 0.3) is 0 Å². The van der Waals surface area contributed by atoms with Crippen LogP contribution < -0.4 is 15.5 Å². The molecule has 8 rings (SSSR count). The highest BCUT2D eigenvalue weighted by Crippen LogP contribution is 2.43. The maximum absolute atomic E-state index is 13.3. The van der Waals surface area contributed by atoms with Gasteiger partial charge < -0.3 is 39.8 Å². The molecule has 4 aromatic carbocycles. The number of rotatable bonds is 11. The second kappa shape index (κ2) is 17.1. The van der Waals surface area contributed by atoms with Gasteiger partial charge in [0.15, 0.2) is 6.29 Å². The number of amides is 4. The Hall–Kier alpha value is -5.60. The van der Waals surface area contributed by atoms with E-state index in [4.69, 9.17) is 14.2 Å². The molecule has 4 aliphatic rings. The number of imide groups is 1. The highest BCUT2D eigenvalue weighted by atomic mass is 16.7. The maximum Gasteiger partial charge on any atom is 0.408 e. The van der Waals surface area contributed by atoms with E-state index in [0.717, 1.165) is 51.5 Å². The predicted octanol–water partition coefficient (Wildman–Crippen LogP) is 4.95. The molecule has 1 spiro atoms. The summed E-state index contributed by atoms with van der Waals surface area (Å²) in [5.41, 5.74) is 4.58. The Kier molecular flexibility index (Phi) is 11.6. The van der Waals surface area contributed by atoms with Crippen LogP contribution in [0.15, 0.2) is 109 Å². The molecule has 0 saturated carbocycles. The van der Waals surface area contributed by atoms with Crippen molar-refractivity contribution in [2.75, 3.05) is 31.2 Å². The number of carbonyl (C=O) groups excluding carboxylic acids is 4. The average molecular weight is 788 g/mol. The van der Waals surface area contributed by atoms with E-state index in [9.17, 15) is 24.3 Å². The molecule has 13 heteroatoms. The summed E-state index contributed by atoms with van der Waals surface area (Å²) in [4.78, 5) is 57.6. The largest absolute Gasteiger partial charge is 0.445 e. The van der Waals surface area contributed by atoms with Crippen LogP contribution in [-0.2, 0) is 48.4 Å². The molecule has 4 amide bonds. The van der Waals surface area contributed by atoms with Crippen molar-refractivity contribution >= 4 is 29.5 Å². The monoisotopic (exact) mass is 787 g/mol. The van der Waals surface area contributed by atoms with Crippen LogP contribution in [0.4, 0.5) is 10.5 Å². The van der Waals surface area contributed by atoms with Gasteiger partial charge in [0.25, 0.3) is 5.91 Å². The van der Waals surface area contributed by atoms with Crippen molar-refractivity contribution in [3.63, 3.8) is 0 Å². The second-order valence-electron chi connectivity index (χ2n) is 15.6. The number of aliphatic hydroxyl groups excluding tert-OH is 1. The summed E-state index contributed by atoms with van der Waals surface area (Å²) in [6.07, 6.45) is -0.722. The van der Waals surface area contributed by atoms with Crippen molar-refractivity contribution in [1.82, 2.24) is 20.4 Å². The zero-order valence-electron chi connectivity index (χ0n) is 32.5. The molecule has 3 N–H and O–H groups in total. The topological polar surface area (TPSA) is 150 Å². The molecule has 0 radical (unpaired) electrons. The lowest BCUT2D eigenvalue weighted by atomic mass is 9.84. The molecule has 58 heavy (non-hydrogen) atoms. The van der Waals surface area contributed by atoms with Crippen molar-refractivity contribution in [3.05, 3.63) is 137 Å². The molecule has 4 heterocycles. The minimum absolute atomic E-state index is 0.0219. The van der Waals surface area contributed by atoms with Gasteiger partial charge in [-0.25, -0.2) is 4.79 Å². The first-order valence-electron chi connectivity index (χ1n) is 19.9. The molecular formula is C45H49N5O8. The summed E-state index contributed by atoms with van der Waals surface area (Å²) in [7, 11) is 0. The Labute approximate surface area is 337 Å². The van der Waals surface area contributed by atoms with Crippen molar-refractivity contribution in [3.8, 4) is 0 Å². The normalized spacial score (nSPS) is 24.6. The number of nitrogens with one attached hydrogen (secondary N) is 2. The van der Waals surface area contributed by atoms with Crippen LogP contribution in [0.5, 0.6) is 0 Å². The van der Waals surface area contributed by atoms with E-state index < -0.39 is 29.9 Å². The first-order chi connectivity index (χ1) is 28.2. The lowest BCUT2D eigenvalue weighted by Crippen LogP contribution is -2.57. The third-order valence-electron chi connectivity index (χ3n) is 12.0. The SMILES string of the molecule is C[C@H]1[C@@H](CN2CCC3(CC2)C(=O)NCN3c2ccccc2)O[C@@H](c2ccc(CN3C(=O)CC(NC(=O)OCc4ccccc4)C3=O)cc2)O[C@H]1c1ccc(CO)cc1. The van der Waals surface area contributed by atoms with Crippen molar-refractivity contribution in [2.24, 2.45) is 5.92 Å². The summed E-state index contributed by atoms with van der Waals surface area (Å²) in [5.74, 6) is -0.804. The number of aliphatic hydroxyl groups is 1. The number of hydrogen-bond acceptors (Lipinski definition) is 10. The van der Waals surface area contributed by atoms with Gasteiger partial charge in [0.1, 0.15) is 18.2 Å². The van der Waals surface area contributed by atoms with E-state index in [1.165, 1.54) is 0 Å². The number of ether oxygens (including phenoxy) is 3. The minimum Gasteiger partial charge on any atom is -0.445 e. The third-order valence-corrected chi connectivity index (χ3v) is 12.0. The van der Waals surface area contributed by atoms with Crippen molar-refractivity contribution in [1.29, 1.82) is 0 Å². The zero-order valence-corrected chi connectivity index (χ0v) is 32.5. The van der Waals surface area contributed by atoms with Gasteiger partial charge in [-0.05, 0) is 47.2 Å². The Bertz CT molecular complexity index is 2080. The number of nitrogens with zero attached hydrogens (tertiary/aromatic N) is 3. The number of anilines is 1. The Morgan fingerprint density at radius 1 is 0.845 bits per heavy atom. The number of likely N-dealkylation sites (tertiary alicyclic amines) is 2. The standard InChI is InChI=1S/C45H49N5O8/c1-30-38(26-48-22-20-45(21-23-48)43(54)46-29-50(45)36-10-6-3-7-11-36)57-42(58-40(30)34-16-14-32(27-51)15-17-34)35-18-12-31(13-19-35)25-49-39(52)24-37(41(49)53)47-44(55)56-28-33-8-4-2-5-9-33/h2-19,30,37-38,40,42,51H,20-29H2,1H3,(H,46,54)(H,47,55)/t30-,37?,38+,40+,42+/m0/s1. The van der Waals surface area contributed by atoms with E-state index in [1.807, 2.05) is 97.1 Å². The van der Waals surface area contributed by atoms with Crippen LogP contribution in [0.3, 0.4) is 0 Å². The minimum atomic E-state index is -0.995. The Morgan fingerprint density at radius 3 is 2.19 bits per heavy atom.